The molecule has 1 unspecified atom stereocenters. The van der Waals surface area contributed by atoms with E-state index >= 15 is 0 Å². The minimum absolute atomic E-state index is 0.442. The number of nitrogens with one attached hydrogen (secondary N) is 1. The first-order valence-corrected chi connectivity index (χ1v) is 4.52. The third-order valence-corrected chi connectivity index (χ3v) is 2.04. The molecule has 4 nitrogen and oxygen atoms in total. The van der Waals surface area contributed by atoms with Crippen molar-refractivity contribution in [3.63, 3.8) is 0 Å². The van der Waals surface area contributed by atoms with Crippen LogP contribution in [0.15, 0.2) is 12.3 Å². The lowest BCUT2D eigenvalue weighted by molar-refractivity contribution is -0.140. The zero-order valence-electron chi connectivity index (χ0n) is 8.25. The van der Waals surface area contributed by atoms with Gasteiger partial charge in [0.1, 0.15) is 0 Å². The maximum Gasteiger partial charge on any atom is 0.391 e. The van der Waals surface area contributed by atoms with E-state index in [0.717, 1.165) is 0 Å². The molecule has 86 valence electrons. The van der Waals surface area contributed by atoms with Gasteiger partial charge in [0.2, 0.25) is 0 Å². The molecule has 0 radical (unpaired) electrons. The number of aromatic nitrogens is 2. The summed E-state index contributed by atoms with van der Waals surface area (Å²) in [5.74, 6) is 5.10. The summed E-state index contributed by atoms with van der Waals surface area (Å²) in [6.45, 7) is 2.32. The van der Waals surface area contributed by atoms with Crippen LogP contribution in [0, 0.1) is 0 Å². The molecule has 7 heteroatoms. The fourth-order valence-corrected chi connectivity index (χ4v) is 1.38. The number of alkyl halides is 3. The van der Waals surface area contributed by atoms with Gasteiger partial charge in [-0.2, -0.15) is 18.3 Å². The van der Waals surface area contributed by atoms with Crippen LogP contribution in [-0.2, 0) is 6.54 Å². The van der Waals surface area contributed by atoms with Gasteiger partial charge in [0.05, 0.1) is 18.2 Å². The van der Waals surface area contributed by atoms with E-state index in [1.54, 1.807) is 6.92 Å². The molecule has 0 amide bonds. The smallest absolute Gasteiger partial charge is 0.271 e. The van der Waals surface area contributed by atoms with Crippen LogP contribution in [-0.4, -0.2) is 16.0 Å². The highest BCUT2D eigenvalue weighted by molar-refractivity contribution is 5.07. The van der Waals surface area contributed by atoms with Gasteiger partial charge in [-0.1, -0.05) is 0 Å². The Morgan fingerprint density at radius 1 is 1.60 bits per heavy atom. The molecule has 1 rings (SSSR count). The SMILES string of the molecule is CCn1nccc1C(CC(F)(F)F)NN. The van der Waals surface area contributed by atoms with E-state index in [1.165, 1.54) is 16.9 Å². The minimum atomic E-state index is -4.25. The van der Waals surface area contributed by atoms with Gasteiger partial charge >= 0.3 is 6.18 Å². The molecule has 15 heavy (non-hydrogen) atoms. The second-order valence-electron chi connectivity index (χ2n) is 3.11. The predicted octanol–water partition coefficient (Wildman–Crippen LogP) is 1.36. The van der Waals surface area contributed by atoms with Crippen LogP contribution in [0.3, 0.4) is 0 Å². The van der Waals surface area contributed by atoms with Gasteiger partial charge in [0.25, 0.3) is 0 Å². The summed E-state index contributed by atoms with van der Waals surface area (Å²) in [5, 5.41) is 3.89. The minimum Gasteiger partial charge on any atom is -0.271 e. The Bertz CT molecular complexity index is 307. The molecule has 0 saturated carbocycles. The van der Waals surface area contributed by atoms with E-state index in [2.05, 4.69) is 10.5 Å². The van der Waals surface area contributed by atoms with Crippen LogP contribution >= 0.6 is 0 Å². The standard InChI is InChI=1S/C8H13F3N4/c1-2-15-7(3-4-13-15)6(14-12)5-8(9,10)11/h3-4,6,14H,2,5,12H2,1H3. The summed E-state index contributed by atoms with van der Waals surface area (Å²) in [6, 6.07) is 0.576. The van der Waals surface area contributed by atoms with Crippen LogP contribution in [0.25, 0.3) is 0 Å². The molecule has 1 atom stereocenters. The van der Waals surface area contributed by atoms with Crippen molar-refractivity contribution in [2.45, 2.75) is 32.1 Å². The largest absolute Gasteiger partial charge is 0.391 e. The predicted molar refractivity (Wildman–Crippen MR) is 48.6 cm³/mol. The Morgan fingerprint density at radius 3 is 2.73 bits per heavy atom. The van der Waals surface area contributed by atoms with Gasteiger partial charge in [0.15, 0.2) is 0 Å². The van der Waals surface area contributed by atoms with Gasteiger partial charge in [0, 0.05) is 12.7 Å². The van der Waals surface area contributed by atoms with Gasteiger partial charge in [-0.15, -0.1) is 0 Å². The number of hydrazine groups is 1. The quantitative estimate of drug-likeness (QED) is 0.597. The zero-order chi connectivity index (χ0) is 11.5. The van der Waals surface area contributed by atoms with Gasteiger partial charge in [-0.3, -0.25) is 16.0 Å². The summed E-state index contributed by atoms with van der Waals surface area (Å²) in [4.78, 5) is 0. The van der Waals surface area contributed by atoms with Gasteiger partial charge in [-0.25, -0.2) is 0 Å². The molecule has 0 bridgehead atoms. The van der Waals surface area contributed by atoms with E-state index < -0.39 is 18.6 Å². The fourth-order valence-electron chi connectivity index (χ4n) is 1.38. The van der Waals surface area contributed by atoms with Gasteiger partial charge < -0.3 is 0 Å². The molecule has 0 aliphatic heterocycles. The first-order valence-electron chi connectivity index (χ1n) is 4.52. The van der Waals surface area contributed by atoms with Crippen LogP contribution in [0.4, 0.5) is 13.2 Å². The van der Waals surface area contributed by atoms with Crippen molar-refractivity contribution in [2.75, 3.05) is 0 Å². The number of aryl methyl sites for hydroxylation is 1. The van der Waals surface area contributed by atoms with Gasteiger partial charge in [-0.05, 0) is 13.0 Å². The summed E-state index contributed by atoms with van der Waals surface area (Å²) in [7, 11) is 0. The number of hydrogen-bond acceptors (Lipinski definition) is 3. The van der Waals surface area contributed by atoms with Crippen molar-refractivity contribution in [2.24, 2.45) is 5.84 Å². The molecule has 1 aromatic heterocycles. The van der Waals surface area contributed by atoms with Crippen LogP contribution in [0.5, 0.6) is 0 Å². The second kappa shape index (κ2) is 4.63. The van der Waals surface area contributed by atoms with Crippen molar-refractivity contribution in [3.05, 3.63) is 18.0 Å². The normalized spacial score (nSPS) is 14.2. The highest BCUT2D eigenvalue weighted by Crippen LogP contribution is 2.28. The molecule has 1 heterocycles. The van der Waals surface area contributed by atoms with E-state index in [-0.39, 0.29) is 0 Å². The molecule has 3 N–H and O–H groups in total. The Labute approximate surface area is 85.2 Å². The average molecular weight is 222 g/mol. The molecule has 0 aliphatic rings. The summed E-state index contributed by atoms with van der Waals surface area (Å²) < 4.78 is 38.1. The first-order chi connectivity index (χ1) is 6.98. The third kappa shape index (κ3) is 3.21. The van der Waals surface area contributed by atoms with Crippen molar-refractivity contribution < 1.29 is 13.2 Å². The highest BCUT2D eigenvalue weighted by atomic mass is 19.4. The lowest BCUT2D eigenvalue weighted by atomic mass is 10.1. The Hall–Kier alpha value is -1.08. The number of rotatable bonds is 4. The third-order valence-electron chi connectivity index (χ3n) is 2.04. The monoisotopic (exact) mass is 222 g/mol. The van der Waals surface area contributed by atoms with Crippen LogP contribution < -0.4 is 11.3 Å². The number of nitrogens with two attached hydrogens (primary N) is 1. The fraction of sp³-hybridized carbons (Fsp3) is 0.625. The molecular formula is C8H13F3N4. The lowest BCUT2D eigenvalue weighted by Gasteiger charge is -2.18. The summed E-state index contributed by atoms with van der Waals surface area (Å²) >= 11 is 0. The van der Waals surface area contributed by atoms with Crippen molar-refractivity contribution in [1.82, 2.24) is 15.2 Å². The topological polar surface area (TPSA) is 55.9 Å². The number of halogens is 3. The van der Waals surface area contributed by atoms with Crippen LogP contribution in [0.1, 0.15) is 25.1 Å². The van der Waals surface area contributed by atoms with E-state index in [0.29, 0.717) is 12.2 Å². The molecule has 0 aromatic carbocycles. The van der Waals surface area contributed by atoms with Crippen molar-refractivity contribution in [3.8, 4) is 0 Å². The number of nitrogens with zero attached hydrogens (tertiary/aromatic N) is 2. The summed E-state index contributed by atoms with van der Waals surface area (Å²) in [5.41, 5.74) is 2.60. The lowest BCUT2D eigenvalue weighted by Crippen LogP contribution is -2.33. The Morgan fingerprint density at radius 2 is 2.27 bits per heavy atom. The van der Waals surface area contributed by atoms with E-state index in [4.69, 9.17) is 5.84 Å². The molecule has 0 spiro atoms. The maximum absolute atomic E-state index is 12.2. The first kappa shape index (κ1) is 12.0. The van der Waals surface area contributed by atoms with E-state index in [9.17, 15) is 13.2 Å². The molecular weight excluding hydrogens is 209 g/mol. The molecule has 1 aromatic rings. The van der Waals surface area contributed by atoms with Crippen molar-refractivity contribution in [1.29, 1.82) is 0 Å². The van der Waals surface area contributed by atoms with Crippen LogP contribution in [0.2, 0.25) is 0 Å². The second-order valence-corrected chi connectivity index (χ2v) is 3.11. The molecule has 0 saturated heterocycles. The molecule has 0 fully saturated rings. The number of hydrogen-bond donors (Lipinski definition) is 2. The average Bonchev–Trinajstić information content (AvgIpc) is 2.60. The van der Waals surface area contributed by atoms with E-state index in [1.807, 2.05) is 0 Å². The highest BCUT2D eigenvalue weighted by Gasteiger charge is 2.33. The Kier molecular flexibility index (Phi) is 3.70. The molecule has 0 aliphatic carbocycles. The zero-order valence-corrected chi connectivity index (χ0v) is 8.25. The maximum atomic E-state index is 12.2. The van der Waals surface area contributed by atoms with Crippen molar-refractivity contribution >= 4 is 0 Å². The Balaban J connectivity index is 2.83. The summed E-state index contributed by atoms with van der Waals surface area (Å²) in [6.07, 6.45) is -3.80.